The number of likely N-dealkylation sites (tertiary alicyclic amines) is 2. The molecule has 4 atom stereocenters. The molecule has 2 aromatic carbocycles. The van der Waals surface area contributed by atoms with Crippen molar-refractivity contribution in [3.8, 4) is 11.5 Å². The van der Waals surface area contributed by atoms with Crippen LogP contribution in [0, 0.1) is 11.6 Å². The molecule has 2 aromatic rings. The van der Waals surface area contributed by atoms with E-state index in [-0.39, 0.29) is 34.8 Å². The third kappa shape index (κ3) is 6.06. The number of ketones is 1. The van der Waals surface area contributed by atoms with Crippen LogP contribution in [0.3, 0.4) is 0 Å². The second kappa shape index (κ2) is 12.6. The zero-order valence-electron chi connectivity index (χ0n) is 23.5. The SMILES string of the molecule is O=C(c1ccc(O[C@@H]2CCCC[C@H]2N2CCCC2)c(F)c1)c1ccc(O[C@@H]2CCCC[C@H]2N2CCCC2)c(F)c1. The summed E-state index contributed by atoms with van der Waals surface area (Å²) in [6, 6.07) is 9.34. The van der Waals surface area contributed by atoms with Crippen LogP contribution in [0.25, 0.3) is 0 Å². The molecule has 2 saturated heterocycles. The van der Waals surface area contributed by atoms with E-state index < -0.39 is 17.4 Å². The minimum Gasteiger partial charge on any atom is -0.486 e. The summed E-state index contributed by atoms with van der Waals surface area (Å²) in [7, 11) is 0. The summed E-state index contributed by atoms with van der Waals surface area (Å²) in [5, 5.41) is 0. The van der Waals surface area contributed by atoms with Crippen molar-refractivity contribution in [2.24, 2.45) is 0 Å². The first-order valence-corrected chi connectivity index (χ1v) is 15.5. The molecular formula is C33H42F2N2O3. The lowest BCUT2D eigenvalue weighted by Gasteiger charge is -2.37. The average molecular weight is 553 g/mol. The van der Waals surface area contributed by atoms with Gasteiger partial charge < -0.3 is 9.47 Å². The van der Waals surface area contributed by atoms with Gasteiger partial charge in [-0.1, -0.05) is 12.8 Å². The summed E-state index contributed by atoms with van der Waals surface area (Å²) < 4.78 is 42.7. The smallest absolute Gasteiger partial charge is 0.193 e. The molecule has 2 aliphatic heterocycles. The third-order valence-electron chi connectivity index (χ3n) is 9.50. The van der Waals surface area contributed by atoms with Crippen LogP contribution < -0.4 is 9.47 Å². The van der Waals surface area contributed by atoms with E-state index >= 15 is 8.78 Å². The van der Waals surface area contributed by atoms with Crippen molar-refractivity contribution in [3.05, 3.63) is 59.2 Å². The molecule has 0 spiro atoms. The predicted octanol–water partition coefficient (Wildman–Crippen LogP) is 6.77. The van der Waals surface area contributed by atoms with E-state index in [0.717, 1.165) is 64.7 Å². The van der Waals surface area contributed by atoms with Gasteiger partial charge in [0.1, 0.15) is 12.2 Å². The van der Waals surface area contributed by atoms with E-state index in [0.29, 0.717) is 12.1 Å². The maximum absolute atomic E-state index is 15.2. The lowest BCUT2D eigenvalue weighted by molar-refractivity contribution is 0.0459. The van der Waals surface area contributed by atoms with Gasteiger partial charge in [-0.3, -0.25) is 14.6 Å². The Morgan fingerprint density at radius 2 is 1.00 bits per heavy atom. The van der Waals surface area contributed by atoms with E-state index in [1.54, 1.807) is 24.3 Å². The molecule has 7 heteroatoms. The number of hydrogen-bond donors (Lipinski definition) is 0. The number of halogens is 2. The van der Waals surface area contributed by atoms with Gasteiger partial charge in [0, 0.05) is 23.2 Å². The largest absolute Gasteiger partial charge is 0.486 e. The van der Waals surface area contributed by atoms with Gasteiger partial charge in [-0.2, -0.15) is 0 Å². The molecule has 0 N–H and O–H groups in total. The van der Waals surface area contributed by atoms with Crippen molar-refractivity contribution in [1.82, 2.24) is 9.80 Å². The molecule has 0 amide bonds. The maximum atomic E-state index is 15.2. The monoisotopic (exact) mass is 552 g/mol. The van der Waals surface area contributed by atoms with Crippen LogP contribution in [0.1, 0.15) is 93.0 Å². The van der Waals surface area contributed by atoms with Crippen LogP contribution in [0.4, 0.5) is 8.78 Å². The van der Waals surface area contributed by atoms with E-state index in [1.807, 2.05) is 0 Å². The Bertz CT molecular complexity index is 1090. The minimum absolute atomic E-state index is 0.0428. The second-order valence-corrected chi connectivity index (χ2v) is 12.1. The first-order chi connectivity index (χ1) is 19.6. The first-order valence-electron chi connectivity index (χ1n) is 15.5. The summed E-state index contributed by atoms with van der Waals surface area (Å²) in [4.78, 5) is 18.2. The Balaban J connectivity index is 1.12. The summed E-state index contributed by atoms with van der Waals surface area (Å²) >= 11 is 0. The molecule has 5 nitrogen and oxygen atoms in total. The Labute approximate surface area is 236 Å². The van der Waals surface area contributed by atoms with Gasteiger partial charge in [0.2, 0.25) is 0 Å². The Kier molecular flexibility index (Phi) is 8.68. The zero-order valence-corrected chi connectivity index (χ0v) is 23.5. The zero-order chi connectivity index (χ0) is 27.5. The Morgan fingerprint density at radius 3 is 1.40 bits per heavy atom. The topological polar surface area (TPSA) is 42.0 Å². The highest BCUT2D eigenvalue weighted by Gasteiger charge is 2.35. The van der Waals surface area contributed by atoms with Gasteiger partial charge in [0.15, 0.2) is 28.9 Å². The molecule has 4 fully saturated rings. The van der Waals surface area contributed by atoms with Crippen LogP contribution in [0.15, 0.2) is 36.4 Å². The number of nitrogens with zero attached hydrogens (tertiary/aromatic N) is 2. The van der Waals surface area contributed by atoms with E-state index in [9.17, 15) is 4.79 Å². The first kappa shape index (κ1) is 27.6. The highest BCUT2D eigenvalue weighted by Crippen LogP contribution is 2.33. The van der Waals surface area contributed by atoms with Crippen LogP contribution in [-0.4, -0.2) is 66.1 Å². The average Bonchev–Trinajstić information content (AvgIpc) is 3.71. The molecule has 40 heavy (non-hydrogen) atoms. The van der Waals surface area contributed by atoms with E-state index in [4.69, 9.17) is 9.47 Å². The van der Waals surface area contributed by atoms with Crippen molar-refractivity contribution in [3.63, 3.8) is 0 Å². The van der Waals surface area contributed by atoms with Gasteiger partial charge in [-0.25, -0.2) is 8.78 Å². The van der Waals surface area contributed by atoms with Gasteiger partial charge in [-0.15, -0.1) is 0 Å². The summed E-state index contributed by atoms with van der Waals surface area (Å²) in [6.07, 6.45) is 13.2. The van der Waals surface area contributed by atoms with E-state index in [2.05, 4.69) is 9.80 Å². The van der Waals surface area contributed by atoms with Crippen LogP contribution in [0.2, 0.25) is 0 Å². The number of hydrogen-bond acceptors (Lipinski definition) is 5. The Morgan fingerprint density at radius 1 is 0.600 bits per heavy atom. The molecule has 6 rings (SSSR count). The fourth-order valence-electron chi connectivity index (χ4n) is 7.38. The lowest BCUT2D eigenvalue weighted by atomic mass is 9.91. The van der Waals surface area contributed by atoms with Crippen molar-refractivity contribution < 1.29 is 23.0 Å². The van der Waals surface area contributed by atoms with Crippen LogP contribution >= 0.6 is 0 Å². The van der Waals surface area contributed by atoms with Gasteiger partial charge in [0.05, 0.1) is 0 Å². The van der Waals surface area contributed by atoms with Gasteiger partial charge in [0.25, 0.3) is 0 Å². The molecule has 4 aliphatic rings. The fourth-order valence-corrected chi connectivity index (χ4v) is 7.38. The molecule has 2 saturated carbocycles. The molecule has 216 valence electrons. The van der Waals surface area contributed by atoms with E-state index in [1.165, 1.54) is 50.7 Å². The quantitative estimate of drug-likeness (QED) is 0.338. The maximum Gasteiger partial charge on any atom is 0.193 e. The number of rotatable bonds is 8. The summed E-state index contributed by atoms with van der Waals surface area (Å²) in [6.45, 7) is 4.34. The highest BCUT2D eigenvalue weighted by molar-refractivity contribution is 6.09. The molecule has 2 aliphatic carbocycles. The van der Waals surface area contributed by atoms with Crippen LogP contribution in [0.5, 0.6) is 11.5 Å². The molecule has 0 bridgehead atoms. The molecule has 0 radical (unpaired) electrons. The molecular weight excluding hydrogens is 510 g/mol. The predicted molar refractivity (Wildman–Crippen MR) is 151 cm³/mol. The van der Waals surface area contributed by atoms with Crippen molar-refractivity contribution in [1.29, 1.82) is 0 Å². The second-order valence-electron chi connectivity index (χ2n) is 12.1. The number of carbonyl (C=O) groups excluding carboxylic acids is 1. The third-order valence-corrected chi connectivity index (χ3v) is 9.50. The lowest BCUT2D eigenvalue weighted by Crippen LogP contribution is -2.46. The van der Waals surface area contributed by atoms with Gasteiger partial charge in [-0.05, 0) is 127 Å². The van der Waals surface area contributed by atoms with Crippen molar-refractivity contribution >= 4 is 5.78 Å². The van der Waals surface area contributed by atoms with Crippen molar-refractivity contribution in [2.45, 2.75) is 101 Å². The van der Waals surface area contributed by atoms with Crippen LogP contribution in [-0.2, 0) is 0 Å². The number of carbonyl (C=O) groups is 1. The highest BCUT2D eigenvalue weighted by atomic mass is 19.1. The minimum atomic E-state index is -0.553. The molecule has 0 aromatic heterocycles. The normalized spacial score (nSPS) is 28.1. The van der Waals surface area contributed by atoms with Crippen molar-refractivity contribution in [2.75, 3.05) is 26.2 Å². The number of ether oxygens (including phenoxy) is 2. The summed E-state index contributed by atoms with van der Waals surface area (Å²) in [5.74, 6) is -1.16. The molecule has 2 heterocycles. The Hall–Kier alpha value is -2.51. The molecule has 0 unspecified atom stereocenters. The fraction of sp³-hybridized carbons (Fsp3) is 0.606. The standard InChI is InChI=1S/C33H42F2N2O3/c34-25-21-23(13-15-29(25)39-31-11-3-1-9-27(31)36-17-5-6-18-36)33(38)24-14-16-30(26(35)22-24)40-32-12-4-2-10-28(32)37-19-7-8-20-37/h13-16,21-22,27-28,31-32H,1-12,17-20H2/t27-,28-,31-,32-/m1/s1. The summed E-state index contributed by atoms with van der Waals surface area (Å²) in [5.41, 5.74) is 0.359. The number of benzene rings is 2. The van der Waals surface area contributed by atoms with Gasteiger partial charge >= 0.3 is 0 Å².